The summed E-state index contributed by atoms with van der Waals surface area (Å²) in [7, 11) is 0. The van der Waals surface area contributed by atoms with Crippen LogP contribution in [0.5, 0.6) is 0 Å². The maximum absolute atomic E-state index is 12.0. The van der Waals surface area contributed by atoms with Crippen LogP contribution < -0.4 is 15.5 Å². The normalized spacial score (nSPS) is 19.0. The molecule has 158 valence electrons. The largest absolute Gasteiger partial charge is 0.378 e. The quantitative estimate of drug-likeness (QED) is 0.788. The third-order valence-corrected chi connectivity index (χ3v) is 5.49. The lowest BCUT2D eigenvalue weighted by atomic mass is 10.1. The molecule has 2 saturated heterocycles. The van der Waals surface area contributed by atoms with Gasteiger partial charge in [-0.1, -0.05) is 0 Å². The Labute approximate surface area is 174 Å². The number of urea groups is 1. The number of ether oxygens (including phenoxy) is 3. The molecular weight excluding hydrogens is 386 g/mol. The first kappa shape index (κ1) is 19.2. The molecule has 5 rings (SSSR count). The fourth-order valence-electron chi connectivity index (χ4n) is 3.75. The number of amides is 2. The summed E-state index contributed by atoms with van der Waals surface area (Å²) >= 11 is 0. The molecule has 0 spiro atoms. The first-order chi connectivity index (χ1) is 14.8. The molecule has 4 heterocycles. The summed E-state index contributed by atoms with van der Waals surface area (Å²) in [6, 6.07) is 7.48. The fraction of sp³-hybridized carbons (Fsp3) is 0.476. The molecule has 9 heteroatoms. The zero-order chi connectivity index (χ0) is 20.3. The second-order valence-corrected chi connectivity index (χ2v) is 7.61. The number of benzene rings is 1. The third kappa shape index (κ3) is 4.09. The number of carbonyl (C=O) groups is 1. The molecular formula is C21H25N5O4. The molecule has 2 amide bonds. The van der Waals surface area contributed by atoms with Crippen LogP contribution in [0.15, 0.2) is 24.3 Å². The third-order valence-electron chi connectivity index (χ3n) is 5.49. The number of nitrogens with one attached hydrogen (secondary N) is 2. The summed E-state index contributed by atoms with van der Waals surface area (Å²) in [6.45, 7) is 5.38. The SMILES string of the molecule is O=C(Nc1ccc(-c2nc3c(c(N4CCOCC4)n2)COCC3)cc1)NC1COC1. The number of anilines is 2. The molecule has 2 fully saturated rings. The number of fused-ring (bicyclic) bond motifs is 1. The zero-order valence-corrected chi connectivity index (χ0v) is 16.7. The number of rotatable bonds is 4. The van der Waals surface area contributed by atoms with E-state index in [1.165, 1.54) is 0 Å². The summed E-state index contributed by atoms with van der Waals surface area (Å²) < 4.78 is 16.2. The summed E-state index contributed by atoms with van der Waals surface area (Å²) in [6.07, 6.45) is 0.785. The number of morpholine rings is 1. The monoisotopic (exact) mass is 411 g/mol. The number of hydrogen-bond acceptors (Lipinski definition) is 7. The number of nitrogens with zero attached hydrogens (tertiary/aromatic N) is 3. The van der Waals surface area contributed by atoms with Crippen LogP contribution in [0.25, 0.3) is 11.4 Å². The lowest BCUT2D eigenvalue weighted by Crippen LogP contribution is -2.49. The maximum atomic E-state index is 12.0. The molecule has 0 saturated carbocycles. The molecule has 2 aromatic rings. The molecule has 2 N–H and O–H groups in total. The van der Waals surface area contributed by atoms with Crippen molar-refractivity contribution >= 4 is 17.5 Å². The second-order valence-electron chi connectivity index (χ2n) is 7.61. The smallest absolute Gasteiger partial charge is 0.319 e. The summed E-state index contributed by atoms with van der Waals surface area (Å²) in [5.74, 6) is 1.64. The lowest BCUT2D eigenvalue weighted by Gasteiger charge is -2.31. The Morgan fingerprint density at radius 2 is 1.80 bits per heavy atom. The highest BCUT2D eigenvalue weighted by Gasteiger charge is 2.24. The van der Waals surface area contributed by atoms with Gasteiger partial charge in [0, 0.05) is 36.3 Å². The van der Waals surface area contributed by atoms with Gasteiger partial charge in [0.15, 0.2) is 5.82 Å². The summed E-state index contributed by atoms with van der Waals surface area (Å²) in [4.78, 5) is 24.0. The Kier molecular flexibility index (Phi) is 5.48. The summed E-state index contributed by atoms with van der Waals surface area (Å²) in [5, 5.41) is 5.71. The Hall–Kier alpha value is -2.75. The van der Waals surface area contributed by atoms with E-state index in [1.807, 2.05) is 24.3 Å². The first-order valence-electron chi connectivity index (χ1n) is 10.3. The van der Waals surface area contributed by atoms with E-state index < -0.39 is 0 Å². The zero-order valence-electron chi connectivity index (χ0n) is 16.7. The topological polar surface area (TPSA) is 97.8 Å². The van der Waals surface area contributed by atoms with Crippen LogP contribution in [0.3, 0.4) is 0 Å². The Morgan fingerprint density at radius 1 is 1.00 bits per heavy atom. The average Bonchev–Trinajstić information content (AvgIpc) is 2.77. The Balaban J connectivity index is 1.37. The average molecular weight is 411 g/mol. The molecule has 0 atom stereocenters. The van der Waals surface area contributed by atoms with E-state index >= 15 is 0 Å². The molecule has 9 nitrogen and oxygen atoms in total. The van der Waals surface area contributed by atoms with Crippen molar-refractivity contribution in [2.75, 3.05) is 56.3 Å². The molecule has 0 aliphatic carbocycles. The van der Waals surface area contributed by atoms with E-state index in [1.54, 1.807) is 0 Å². The van der Waals surface area contributed by atoms with Crippen LogP contribution in [0.1, 0.15) is 11.3 Å². The first-order valence-corrected chi connectivity index (χ1v) is 10.3. The van der Waals surface area contributed by atoms with Crippen LogP contribution in [-0.4, -0.2) is 68.2 Å². The van der Waals surface area contributed by atoms with Gasteiger partial charge in [-0.3, -0.25) is 0 Å². The second kappa shape index (κ2) is 8.55. The van der Waals surface area contributed by atoms with E-state index in [2.05, 4.69) is 15.5 Å². The van der Waals surface area contributed by atoms with Crippen molar-refractivity contribution in [3.63, 3.8) is 0 Å². The van der Waals surface area contributed by atoms with Crippen LogP contribution in [0.2, 0.25) is 0 Å². The van der Waals surface area contributed by atoms with E-state index in [0.29, 0.717) is 45.5 Å². The molecule has 30 heavy (non-hydrogen) atoms. The van der Waals surface area contributed by atoms with Gasteiger partial charge < -0.3 is 29.7 Å². The van der Waals surface area contributed by atoms with Crippen molar-refractivity contribution in [3.05, 3.63) is 35.5 Å². The number of carbonyl (C=O) groups excluding carboxylic acids is 1. The van der Waals surface area contributed by atoms with E-state index in [4.69, 9.17) is 24.2 Å². The van der Waals surface area contributed by atoms with Crippen LogP contribution in [-0.2, 0) is 27.2 Å². The molecule has 3 aliphatic heterocycles. The summed E-state index contributed by atoms with van der Waals surface area (Å²) in [5.41, 5.74) is 3.77. The van der Waals surface area contributed by atoms with Crippen LogP contribution >= 0.6 is 0 Å². The number of aromatic nitrogens is 2. The predicted molar refractivity (Wildman–Crippen MR) is 111 cm³/mol. The van der Waals surface area contributed by atoms with E-state index in [9.17, 15) is 4.79 Å². The lowest BCUT2D eigenvalue weighted by molar-refractivity contribution is 0.000735. The predicted octanol–water partition coefficient (Wildman–Crippen LogP) is 1.57. The van der Waals surface area contributed by atoms with E-state index in [0.717, 1.165) is 47.8 Å². The highest BCUT2D eigenvalue weighted by Crippen LogP contribution is 2.29. The van der Waals surface area contributed by atoms with Gasteiger partial charge in [-0.15, -0.1) is 0 Å². The molecule has 1 aromatic heterocycles. The van der Waals surface area contributed by atoms with Crippen molar-refractivity contribution < 1.29 is 19.0 Å². The minimum atomic E-state index is -0.226. The van der Waals surface area contributed by atoms with Gasteiger partial charge in [0.25, 0.3) is 0 Å². The Bertz CT molecular complexity index is 910. The molecule has 0 radical (unpaired) electrons. The van der Waals surface area contributed by atoms with Gasteiger partial charge in [0.1, 0.15) is 5.82 Å². The highest BCUT2D eigenvalue weighted by atomic mass is 16.5. The van der Waals surface area contributed by atoms with Gasteiger partial charge in [0.05, 0.1) is 51.4 Å². The maximum Gasteiger partial charge on any atom is 0.319 e. The van der Waals surface area contributed by atoms with Crippen molar-refractivity contribution in [3.8, 4) is 11.4 Å². The highest BCUT2D eigenvalue weighted by molar-refractivity contribution is 5.89. The molecule has 0 bridgehead atoms. The standard InChI is InChI=1S/C21H25N5O4/c27-21(23-16-11-30-12-16)22-15-3-1-14(2-4-15)19-24-18-5-8-29-13-17(18)20(25-19)26-6-9-28-10-7-26/h1-4,16H,5-13H2,(H2,22,23,27). The number of hydrogen-bond donors (Lipinski definition) is 2. The molecule has 1 aromatic carbocycles. The van der Waals surface area contributed by atoms with Gasteiger partial charge in [-0.2, -0.15) is 0 Å². The van der Waals surface area contributed by atoms with Crippen LogP contribution in [0, 0.1) is 0 Å². The van der Waals surface area contributed by atoms with E-state index in [-0.39, 0.29) is 12.1 Å². The van der Waals surface area contributed by atoms with Crippen molar-refractivity contribution in [1.29, 1.82) is 0 Å². The minimum absolute atomic E-state index is 0.0933. The molecule has 0 unspecified atom stereocenters. The van der Waals surface area contributed by atoms with Crippen molar-refractivity contribution in [1.82, 2.24) is 15.3 Å². The van der Waals surface area contributed by atoms with Gasteiger partial charge in [-0.05, 0) is 24.3 Å². The van der Waals surface area contributed by atoms with Gasteiger partial charge in [-0.25, -0.2) is 14.8 Å². The van der Waals surface area contributed by atoms with Crippen molar-refractivity contribution in [2.45, 2.75) is 19.1 Å². The van der Waals surface area contributed by atoms with Gasteiger partial charge in [0.2, 0.25) is 0 Å². The Morgan fingerprint density at radius 3 is 2.53 bits per heavy atom. The minimum Gasteiger partial charge on any atom is -0.378 e. The molecule has 3 aliphatic rings. The fourth-order valence-corrected chi connectivity index (χ4v) is 3.75. The van der Waals surface area contributed by atoms with Gasteiger partial charge >= 0.3 is 6.03 Å². The van der Waals surface area contributed by atoms with Crippen molar-refractivity contribution in [2.24, 2.45) is 0 Å². The van der Waals surface area contributed by atoms with Crippen LogP contribution in [0.4, 0.5) is 16.3 Å².